The first-order valence-electron chi connectivity index (χ1n) is 22.0. The normalized spacial score (nSPS) is 12.8. The average Bonchev–Trinajstić information content (AvgIpc) is 4.01. The Morgan fingerprint density at radius 1 is 0.344 bits per heavy atom. The monoisotopic (exact) mass is 816 g/mol. The Labute approximate surface area is 371 Å². The molecule has 10 aromatic carbocycles. The van der Waals surface area contributed by atoms with E-state index >= 15 is 0 Å². The van der Waals surface area contributed by atoms with E-state index in [1.54, 1.807) is 0 Å². The van der Waals surface area contributed by atoms with Crippen LogP contribution in [-0.2, 0) is 5.41 Å². The fourth-order valence-corrected chi connectivity index (χ4v) is 10.7. The Bertz CT molecular complexity index is 3670. The van der Waals surface area contributed by atoms with Crippen molar-refractivity contribution in [1.82, 2.24) is 4.57 Å². The standard InChI is InChI=1S/C61H40N2O/c1-4-16-41(17-5-1)42-28-31-46(32-29-42)62(48-33-35-52-51-24-12-15-27-59(51)64-60(52)40-48)47-34-37-58-54(39-47)53-38-44(30-36-57(53)63(58)45-20-8-3-9-21-45)61(43-18-6-2-7-19-43)55-25-13-10-22-49(55)50-23-11-14-26-56(50)61/h1-40H. The lowest BCUT2D eigenvalue weighted by Crippen LogP contribution is -2.28. The third-order valence-electron chi connectivity index (χ3n) is 13.5. The van der Waals surface area contributed by atoms with Gasteiger partial charge in [-0.2, -0.15) is 0 Å². The molecule has 3 nitrogen and oxygen atoms in total. The lowest BCUT2D eigenvalue weighted by atomic mass is 9.67. The molecule has 0 spiro atoms. The number of hydrogen-bond donors (Lipinski definition) is 0. The lowest BCUT2D eigenvalue weighted by molar-refractivity contribution is 0.669. The van der Waals surface area contributed by atoms with E-state index in [4.69, 9.17) is 4.42 Å². The van der Waals surface area contributed by atoms with E-state index in [1.165, 1.54) is 55.3 Å². The molecule has 2 heterocycles. The third-order valence-corrected chi connectivity index (χ3v) is 13.5. The fourth-order valence-electron chi connectivity index (χ4n) is 10.7. The van der Waals surface area contributed by atoms with Gasteiger partial charge < -0.3 is 13.9 Å². The Morgan fingerprint density at radius 3 is 1.61 bits per heavy atom. The van der Waals surface area contributed by atoms with E-state index in [0.29, 0.717) is 0 Å². The second kappa shape index (κ2) is 14.3. The van der Waals surface area contributed by atoms with Crippen LogP contribution in [0.3, 0.4) is 0 Å². The Kier molecular flexibility index (Phi) is 8.13. The van der Waals surface area contributed by atoms with Crippen molar-refractivity contribution in [3.63, 3.8) is 0 Å². The molecule has 0 unspecified atom stereocenters. The fraction of sp³-hybridized carbons (Fsp3) is 0.0164. The van der Waals surface area contributed by atoms with Crippen LogP contribution < -0.4 is 4.90 Å². The summed E-state index contributed by atoms with van der Waals surface area (Å²) in [5, 5.41) is 4.60. The first kappa shape index (κ1) is 36.3. The summed E-state index contributed by atoms with van der Waals surface area (Å²) >= 11 is 0. The highest BCUT2D eigenvalue weighted by atomic mass is 16.3. The van der Waals surface area contributed by atoms with Gasteiger partial charge in [-0.25, -0.2) is 0 Å². The van der Waals surface area contributed by atoms with Gasteiger partial charge in [-0.3, -0.25) is 0 Å². The van der Waals surface area contributed by atoms with Crippen LogP contribution in [0.25, 0.3) is 71.7 Å². The quantitative estimate of drug-likeness (QED) is 0.160. The van der Waals surface area contributed by atoms with Gasteiger partial charge in [-0.05, 0) is 117 Å². The molecule has 300 valence electrons. The van der Waals surface area contributed by atoms with Gasteiger partial charge in [0, 0.05) is 50.4 Å². The molecular formula is C61H40N2O. The molecule has 0 saturated carbocycles. The lowest BCUT2D eigenvalue weighted by Gasteiger charge is -2.34. The molecular weight excluding hydrogens is 777 g/mol. The van der Waals surface area contributed by atoms with Crippen LogP contribution >= 0.6 is 0 Å². The van der Waals surface area contributed by atoms with Gasteiger partial charge in [0.15, 0.2) is 0 Å². The van der Waals surface area contributed by atoms with E-state index in [-0.39, 0.29) is 0 Å². The Morgan fingerprint density at radius 2 is 0.875 bits per heavy atom. The highest BCUT2D eigenvalue weighted by Crippen LogP contribution is 2.56. The number of para-hydroxylation sites is 2. The summed E-state index contributed by atoms with van der Waals surface area (Å²) in [6.45, 7) is 0. The van der Waals surface area contributed by atoms with Crippen molar-refractivity contribution in [1.29, 1.82) is 0 Å². The summed E-state index contributed by atoms with van der Waals surface area (Å²) in [5.41, 5.74) is 17.8. The van der Waals surface area contributed by atoms with Crippen LogP contribution in [0.5, 0.6) is 0 Å². The molecule has 3 heteroatoms. The first-order valence-corrected chi connectivity index (χ1v) is 22.0. The molecule has 13 rings (SSSR count). The van der Waals surface area contributed by atoms with Crippen LogP contribution in [0.4, 0.5) is 17.1 Å². The van der Waals surface area contributed by atoms with Crippen LogP contribution in [0.2, 0.25) is 0 Å². The molecule has 0 bridgehead atoms. The molecule has 64 heavy (non-hydrogen) atoms. The zero-order valence-corrected chi connectivity index (χ0v) is 34.9. The predicted molar refractivity (Wildman–Crippen MR) is 265 cm³/mol. The molecule has 0 fully saturated rings. The van der Waals surface area contributed by atoms with E-state index in [1.807, 2.05) is 12.1 Å². The maximum Gasteiger partial charge on any atom is 0.137 e. The number of anilines is 3. The number of rotatable bonds is 7. The number of hydrogen-bond acceptors (Lipinski definition) is 2. The molecule has 0 aliphatic heterocycles. The van der Waals surface area contributed by atoms with Crippen LogP contribution in [0.1, 0.15) is 22.3 Å². The van der Waals surface area contributed by atoms with E-state index < -0.39 is 5.41 Å². The van der Waals surface area contributed by atoms with Gasteiger partial charge in [0.05, 0.1) is 16.4 Å². The Balaban J connectivity index is 1.07. The van der Waals surface area contributed by atoms with Gasteiger partial charge in [-0.1, -0.05) is 164 Å². The van der Waals surface area contributed by atoms with Gasteiger partial charge in [0.25, 0.3) is 0 Å². The number of benzene rings is 10. The first-order chi connectivity index (χ1) is 31.7. The van der Waals surface area contributed by atoms with E-state index in [9.17, 15) is 0 Å². The highest BCUT2D eigenvalue weighted by molar-refractivity contribution is 6.12. The number of nitrogens with zero attached hydrogens (tertiary/aromatic N) is 2. The van der Waals surface area contributed by atoms with Gasteiger partial charge in [-0.15, -0.1) is 0 Å². The van der Waals surface area contributed by atoms with Crippen molar-refractivity contribution in [2.24, 2.45) is 0 Å². The minimum absolute atomic E-state index is 0.518. The summed E-state index contributed by atoms with van der Waals surface area (Å²) in [7, 11) is 0. The zero-order valence-electron chi connectivity index (χ0n) is 34.9. The number of furan rings is 1. The molecule has 0 atom stereocenters. The van der Waals surface area contributed by atoms with Crippen LogP contribution in [0.15, 0.2) is 247 Å². The molecule has 0 amide bonds. The summed E-state index contributed by atoms with van der Waals surface area (Å²) in [6, 6.07) is 88.4. The minimum atomic E-state index is -0.518. The van der Waals surface area contributed by atoms with E-state index in [2.05, 4.69) is 240 Å². The van der Waals surface area contributed by atoms with Gasteiger partial charge in [0.1, 0.15) is 11.2 Å². The van der Waals surface area contributed by atoms with Crippen molar-refractivity contribution < 1.29 is 4.42 Å². The molecule has 2 aromatic heterocycles. The molecule has 0 saturated heterocycles. The zero-order chi connectivity index (χ0) is 42.2. The predicted octanol–water partition coefficient (Wildman–Crippen LogP) is 16.2. The van der Waals surface area contributed by atoms with Crippen LogP contribution in [0, 0.1) is 0 Å². The summed E-state index contributed by atoms with van der Waals surface area (Å²) in [4.78, 5) is 2.37. The number of aromatic nitrogens is 1. The van der Waals surface area contributed by atoms with Gasteiger partial charge >= 0.3 is 0 Å². The molecule has 12 aromatic rings. The van der Waals surface area contributed by atoms with Crippen molar-refractivity contribution in [3.05, 3.63) is 265 Å². The smallest absolute Gasteiger partial charge is 0.137 e. The van der Waals surface area contributed by atoms with Crippen molar-refractivity contribution >= 4 is 60.8 Å². The Hall–Kier alpha value is -8.40. The van der Waals surface area contributed by atoms with Crippen molar-refractivity contribution in [2.75, 3.05) is 4.90 Å². The SMILES string of the molecule is c1ccc(-c2ccc(N(c3ccc4c(c3)oc3ccccc34)c3ccc4c(c3)c3cc(C5(c6ccccc6)c6ccccc6-c6ccccc65)ccc3n4-c3ccccc3)cc2)cc1. The topological polar surface area (TPSA) is 21.3 Å². The molecule has 1 aliphatic carbocycles. The van der Waals surface area contributed by atoms with Crippen molar-refractivity contribution in [2.45, 2.75) is 5.41 Å². The van der Waals surface area contributed by atoms with Crippen LogP contribution in [-0.4, -0.2) is 4.57 Å². The highest BCUT2D eigenvalue weighted by Gasteiger charge is 2.46. The summed E-state index contributed by atoms with van der Waals surface area (Å²) < 4.78 is 8.92. The second-order valence-electron chi connectivity index (χ2n) is 16.8. The molecule has 1 aliphatic rings. The third kappa shape index (κ3) is 5.41. The van der Waals surface area contributed by atoms with E-state index in [0.717, 1.165) is 55.7 Å². The maximum atomic E-state index is 6.50. The van der Waals surface area contributed by atoms with Gasteiger partial charge in [0.2, 0.25) is 0 Å². The largest absolute Gasteiger partial charge is 0.456 e. The summed E-state index contributed by atoms with van der Waals surface area (Å²) in [6.07, 6.45) is 0. The number of fused-ring (bicyclic) bond motifs is 9. The average molecular weight is 817 g/mol. The molecule has 0 radical (unpaired) electrons. The summed E-state index contributed by atoms with van der Waals surface area (Å²) in [5.74, 6) is 0. The van der Waals surface area contributed by atoms with Crippen molar-refractivity contribution in [3.8, 4) is 27.9 Å². The molecule has 0 N–H and O–H groups in total. The minimum Gasteiger partial charge on any atom is -0.456 e. The second-order valence-corrected chi connectivity index (χ2v) is 16.8. The maximum absolute atomic E-state index is 6.50.